The summed E-state index contributed by atoms with van der Waals surface area (Å²) in [5.41, 5.74) is 1.27. The summed E-state index contributed by atoms with van der Waals surface area (Å²) in [6.45, 7) is -0.0304. The van der Waals surface area contributed by atoms with Crippen LogP contribution in [0.25, 0.3) is 10.9 Å². The van der Waals surface area contributed by atoms with Crippen molar-refractivity contribution in [1.29, 1.82) is 0 Å². The molecule has 1 aromatic heterocycles. The first-order valence-electron chi connectivity index (χ1n) is 6.49. The lowest BCUT2D eigenvalue weighted by atomic mass is 10.1. The number of ether oxygens (including phenoxy) is 1. The Morgan fingerprint density at radius 3 is 2.62 bits per heavy atom. The van der Waals surface area contributed by atoms with Crippen molar-refractivity contribution < 1.29 is 9.53 Å². The molecule has 21 heavy (non-hydrogen) atoms. The van der Waals surface area contributed by atoms with Gasteiger partial charge in [0.25, 0.3) is 0 Å². The Morgan fingerprint density at radius 1 is 1.05 bits per heavy atom. The Hall–Kier alpha value is -2.39. The Kier molecular flexibility index (Phi) is 3.84. The van der Waals surface area contributed by atoms with Gasteiger partial charge in [-0.1, -0.05) is 29.8 Å². The maximum atomic E-state index is 12.3. The summed E-state index contributed by atoms with van der Waals surface area (Å²) in [6.07, 6.45) is 1.68. The number of rotatable bonds is 4. The van der Waals surface area contributed by atoms with Gasteiger partial charge in [-0.05, 0) is 36.4 Å². The third-order valence-corrected chi connectivity index (χ3v) is 3.37. The third kappa shape index (κ3) is 3.03. The molecular formula is C17H12ClNO2. The van der Waals surface area contributed by atoms with Crippen molar-refractivity contribution in [2.75, 3.05) is 6.61 Å². The van der Waals surface area contributed by atoms with E-state index in [1.165, 1.54) is 0 Å². The molecule has 3 rings (SSSR count). The first kappa shape index (κ1) is 13.6. The number of carbonyl (C=O) groups excluding carboxylic acids is 1. The lowest BCUT2D eigenvalue weighted by molar-refractivity contribution is 0.0923. The molecular weight excluding hydrogens is 286 g/mol. The maximum Gasteiger partial charge on any atom is 0.202 e. The van der Waals surface area contributed by atoms with Gasteiger partial charge >= 0.3 is 0 Å². The number of Topliss-reactive ketones (excluding diaryl/α,β-unsaturated/α-hetero) is 1. The molecule has 0 aliphatic carbocycles. The molecule has 0 aliphatic heterocycles. The summed E-state index contributed by atoms with van der Waals surface area (Å²) in [6, 6.07) is 16.2. The molecule has 0 radical (unpaired) electrons. The molecule has 1 heterocycles. The minimum Gasteiger partial charge on any atom is -0.485 e. The van der Waals surface area contributed by atoms with E-state index in [0.29, 0.717) is 21.9 Å². The van der Waals surface area contributed by atoms with Crippen molar-refractivity contribution in [1.82, 2.24) is 4.98 Å². The summed E-state index contributed by atoms with van der Waals surface area (Å²) in [4.78, 5) is 16.6. The zero-order valence-corrected chi connectivity index (χ0v) is 11.9. The van der Waals surface area contributed by atoms with E-state index < -0.39 is 0 Å². The Bertz CT molecular complexity index is 779. The highest BCUT2D eigenvalue weighted by molar-refractivity contribution is 6.30. The van der Waals surface area contributed by atoms with Crippen molar-refractivity contribution in [3.63, 3.8) is 0 Å². The van der Waals surface area contributed by atoms with Crippen LogP contribution in [0.15, 0.2) is 60.8 Å². The number of nitrogens with zero attached hydrogens (tertiary/aromatic N) is 1. The zero-order chi connectivity index (χ0) is 14.7. The monoisotopic (exact) mass is 297 g/mol. The molecule has 0 N–H and O–H groups in total. The molecule has 0 saturated carbocycles. The summed E-state index contributed by atoms with van der Waals surface area (Å²) in [5.74, 6) is 0.509. The van der Waals surface area contributed by atoms with Crippen LogP contribution in [0, 0.1) is 0 Å². The largest absolute Gasteiger partial charge is 0.485 e. The van der Waals surface area contributed by atoms with E-state index in [1.807, 2.05) is 24.3 Å². The van der Waals surface area contributed by atoms with Gasteiger partial charge in [-0.15, -0.1) is 0 Å². The van der Waals surface area contributed by atoms with Gasteiger partial charge in [0, 0.05) is 22.2 Å². The first-order chi connectivity index (χ1) is 10.2. The molecule has 4 heteroatoms. The molecule has 0 unspecified atom stereocenters. The van der Waals surface area contributed by atoms with Crippen LogP contribution in [0.2, 0.25) is 5.02 Å². The van der Waals surface area contributed by atoms with Crippen LogP contribution in [0.5, 0.6) is 5.75 Å². The number of para-hydroxylation sites is 1. The second-order valence-electron chi connectivity index (χ2n) is 4.55. The molecule has 0 fully saturated rings. The minimum absolute atomic E-state index is 0.0304. The second-order valence-corrected chi connectivity index (χ2v) is 4.98. The number of carbonyl (C=O) groups is 1. The maximum absolute atomic E-state index is 12.3. The van der Waals surface area contributed by atoms with Gasteiger partial charge in [0.1, 0.15) is 5.75 Å². The summed E-state index contributed by atoms with van der Waals surface area (Å²) in [5, 5.41) is 1.57. The fraction of sp³-hybridized carbons (Fsp3) is 0.0588. The van der Waals surface area contributed by atoms with E-state index in [2.05, 4.69) is 4.98 Å². The van der Waals surface area contributed by atoms with Crippen LogP contribution in [0.3, 0.4) is 0 Å². The van der Waals surface area contributed by atoms with Crippen LogP contribution in [-0.2, 0) is 0 Å². The van der Waals surface area contributed by atoms with Gasteiger partial charge in [0.15, 0.2) is 6.61 Å². The fourth-order valence-electron chi connectivity index (χ4n) is 2.09. The average molecular weight is 298 g/mol. The summed E-state index contributed by atoms with van der Waals surface area (Å²) in [7, 11) is 0. The lowest BCUT2D eigenvalue weighted by Crippen LogP contribution is -2.12. The van der Waals surface area contributed by atoms with E-state index in [9.17, 15) is 4.79 Å². The molecule has 2 aromatic carbocycles. The number of benzene rings is 2. The molecule has 0 bridgehead atoms. The number of aromatic nitrogens is 1. The average Bonchev–Trinajstić information content (AvgIpc) is 2.53. The number of ketones is 1. The van der Waals surface area contributed by atoms with Gasteiger partial charge < -0.3 is 4.74 Å². The number of hydrogen-bond donors (Lipinski definition) is 0. The first-order valence-corrected chi connectivity index (χ1v) is 6.87. The fourth-order valence-corrected chi connectivity index (χ4v) is 2.21. The van der Waals surface area contributed by atoms with Gasteiger partial charge in [-0.2, -0.15) is 0 Å². The standard InChI is InChI=1S/C17H12ClNO2/c18-13-6-8-14(9-7-13)21-11-16(20)15-5-1-3-12-4-2-10-19-17(12)15/h1-10H,11H2. The van der Waals surface area contributed by atoms with E-state index >= 15 is 0 Å². The Labute approximate surface area is 127 Å². The van der Waals surface area contributed by atoms with Crippen molar-refractivity contribution in [2.45, 2.75) is 0 Å². The molecule has 0 saturated heterocycles. The van der Waals surface area contributed by atoms with Crippen LogP contribution < -0.4 is 4.74 Å². The van der Waals surface area contributed by atoms with E-state index in [0.717, 1.165) is 5.39 Å². The highest BCUT2D eigenvalue weighted by Gasteiger charge is 2.11. The third-order valence-electron chi connectivity index (χ3n) is 3.12. The smallest absolute Gasteiger partial charge is 0.202 e. The van der Waals surface area contributed by atoms with E-state index in [-0.39, 0.29) is 12.4 Å². The zero-order valence-electron chi connectivity index (χ0n) is 11.1. The van der Waals surface area contributed by atoms with Crippen LogP contribution in [-0.4, -0.2) is 17.4 Å². The van der Waals surface area contributed by atoms with E-state index in [4.69, 9.17) is 16.3 Å². The van der Waals surface area contributed by atoms with Gasteiger partial charge in [0.05, 0.1) is 5.52 Å². The van der Waals surface area contributed by atoms with E-state index in [1.54, 1.807) is 36.5 Å². The number of halogens is 1. The van der Waals surface area contributed by atoms with Crippen LogP contribution >= 0.6 is 11.6 Å². The summed E-state index contributed by atoms with van der Waals surface area (Å²) < 4.78 is 5.49. The number of fused-ring (bicyclic) bond motifs is 1. The Morgan fingerprint density at radius 2 is 1.81 bits per heavy atom. The van der Waals surface area contributed by atoms with Crippen LogP contribution in [0.4, 0.5) is 0 Å². The van der Waals surface area contributed by atoms with Crippen molar-refractivity contribution in [3.8, 4) is 5.75 Å². The molecule has 0 atom stereocenters. The molecule has 0 amide bonds. The second kappa shape index (κ2) is 5.94. The predicted molar refractivity (Wildman–Crippen MR) is 83.0 cm³/mol. The SMILES string of the molecule is O=C(COc1ccc(Cl)cc1)c1cccc2cccnc12. The van der Waals surface area contributed by atoms with Gasteiger partial charge in [-0.25, -0.2) is 0 Å². The highest BCUT2D eigenvalue weighted by atomic mass is 35.5. The molecule has 0 spiro atoms. The lowest BCUT2D eigenvalue weighted by Gasteiger charge is -2.07. The highest BCUT2D eigenvalue weighted by Crippen LogP contribution is 2.18. The molecule has 104 valence electrons. The van der Waals surface area contributed by atoms with Gasteiger partial charge in [-0.3, -0.25) is 9.78 Å². The van der Waals surface area contributed by atoms with Crippen molar-refractivity contribution >= 4 is 28.3 Å². The molecule has 3 nitrogen and oxygen atoms in total. The summed E-state index contributed by atoms with van der Waals surface area (Å²) >= 11 is 5.80. The minimum atomic E-state index is -0.103. The van der Waals surface area contributed by atoms with Crippen LogP contribution in [0.1, 0.15) is 10.4 Å². The van der Waals surface area contributed by atoms with Crippen molar-refractivity contribution in [2.24, 2.45) is 0 Å². The van der Waals surface area contributed by atoms with Crippen molar-refractivity contribution in [3.05, 3.63) is 71.4 Å². The normalized spacial score (nSPS) is 10.5. The number of hydrogen-bond acceptors (Lipinski definition) is 3. The Balaban J connectivity index is 1.79. The molecule has 3 aromatic rings. The number of pyridine rings is 1. The topological polar surface area (TPSA) is 39.2 Å². The molecule has 0 aliphatic rings. The quantitative estimate of drug-likeness (QED) is 0.679. The predicted octanol–water partition coefficient (Wildman–Crippen LogP) is 4.15. The van der Waals surface area contributed by atoms with Gasteiger partial charge in [0.2, 0.25) is 5.78 Å².